The Bertz CT molecular complexity index is 1260. The van der Waals surface area contributed by atoms with Crippen LogP contribution in [0.2, 0.25) is 0 Å². The molecule has 4 rings (SSSR count). The Morgan fingerprint density at radius 2 is 1.83 bits per heavy atom. The van der Waals surface area contributed by atoms with Crippen molar-refractivity contribution in [2.75, 3.05) is 32.8 Å². The Labute approximate surface area is 206 Å². The summed E-state index contributed by atoms with van der Waals surface area (Å²) in [5.41, 5.74) is 2.68. The van der Waals surface area contributed by atoms with Crippen LogP contribution in [-0.4, -0.2) is 48.5 Å². The zero-order valence-electron chi connectivity index (χ0n) is 20.9. The van der Waals surface area contributed by atoms with Crippen LogP contribution in [0.3, 0.4) is 0 Å². The molecule has 3 aromatic rings. The van der Waals surface area contributed by atoms with Crippen LogP contribution in [0.1, 0.15) is 60.5 Å². The van der Waals surface area contributed by atoms with Gasteiger partial charge in [-0.05, 0) is 67.9 Å². The SMILES string of the molecule is C=CCOc1ccc(C2c3c(oc4ccc(CC)cc4c3=O)C(=O)N2CCCN(CC)CC)cc1. The second-order valence-corrected chi connectivity index (χ2v) is 8.81. The molecule has 0 bridgehead atoms. The maximum Gasteiger partial charge on any atom is 0.290 e. The standard InChI is InChI=1S/C29H34N2O4/c1-5-18-34-22-13-11-21(12-14-22)26-25-27(32)23-19-20(6-2)10-15-24(23)35-28(25)29(33)31(26)17-9-16-30(7-3)8-4/h5,10-15,19,26H,1,6-9,16-18H2,2-4H3. The predicted octanol–water partition coefficient (Wildman–Crippen LogP) is 5.20. The molecule has 0 radical (unpaired) electrons. The third-order valence-corrected chi connectivity index (χ3v) is 6.77. The number of nitrogens with zero attached hydrogens (tertiary/aromatic N) is 2. The van der Waals surface area contributed by atoms with E-state index in [4.69, 9.17) is 9.15 Å². The lowest BCUT2D eigenvalue weighted by Gasteiger charge is -2.26. The van der Waals surface area contributed by atoms with Crippen LogP contribution in [0.25, 0.3) is 11.0 Å². The van der Waals surface area contributed by atoms with Crippen molar-refractivity contribution in [2.24, 2.45) is 0 Å². The first-order valence-corrected chi connectivity index (χ1v) is 12.5. The molecule has 2 aromatic carbocycles. The zero-order valence-corrected chi connectivity index (χ0v) is 20.9. The fourth-order valence-electron chi connectivity index (χ4n) is 4.77. The summed E-state index contributed by atoms with van der Waals surface area (Å²) in [7, 11) is 0. The molecule has 1 aliphatic rings. The van der Waals surface area contributed by atoms with E-state index in [1.807, 2.05) is 36.4 Å². The highest BCUT2D eigenvalue weighted by atomic mass is 16.5. The van der Waals surface area contributed by atoms with E-state index in [-0.39, 0.29) is 17.1 Å². The van der Waals surface area contributed by atoms with Crippen molar-refractivity contribution >= 4 is 16.9 Å². The molecule has 1 aromatic heterocycles. The van der Waals surface area contributed by atoms with Crippen molar-refractivity contribution in [2.45, 2.75) is 39.7 Å². The molecule has 0 saturated carbocycles. The van der Waals surface area contributed by atoms with Crippen molar-refractivity contribution in [1.82, 2.24) is 9.80 Å². The quantitative estimate of drug-likeness (QED) is 0.358. The Morgan fingerprint density at radius 1 is 1.09 bits per heavy atom. The van der Waals surface area contributed by atoms with Gasteiger partial charge in [0.25, 0.3) is 5.91 Å². The topological polar surface area (TPSA) is 63.0 Å². The number of benzene rings is 2. The van der Waals surface area contributed by atoms with Gasteiger partial charge in [0.2, 0.25) is 5.76 Å². The van der Waals surface area contributed by atoms with E-state index >= 15 is 0 Å². The van der Waals surface area contributed by atoms with Crippen molar-refractivity contribution in [1.29, 1.82) is 0 Å². The molecule has 6 heteroatoms. The summed E-state index contributed by atoms with van der Waals surface area (Å²) in [6.07, 6.45) is 3.32. The van der Waals surface area contributed by atoms with E-state index in [0.717, 1.165) is 43.6 Å². The number of carbonyl (C=O) groups excluding carboxylic acids is 1. The summed E-state index contributed by atoms with van der Waals surface area (Å²) in [5.74, 6) is 0.645. The molecule has 0 spiro atoms. The summed E-state index contributed by atoms with van der Waals surface area (Å²) < 4.78 is 11.7. The number of carbonyl (C=O) groups is 1. The van der Waals surface area contributed by atoms with Gasteiger partial charge < -0.3 is 19.0 Å². The average Bonchev–Trinajstić information content (AvgIpc) is 3.17. The summed E-state index contributed by atoms with van der Waals surface area (Å²) >= 11 is 0. The Morgan fingerprint density at radius 3 is 2.49 bits per heavy atom. The van der Waals surface area contributed by atoms with Crippen LogP contribution in [0.15, 0.2) is 64.3 Å². The second-order valence-electron chi connectivity index (χ2n) is 8.81. The van der Waals surface area contributed by atoms with Crippen molar-refractivity contribution in [3.05, 3.63) is 87.8 Å². The van der Waals surface area contributed by atoms with Crippen LogP contribution < -0.4 is 10.2 Å². The maximum absolute atomic E-state index is 13.8. The van der Waals surface area contributed by atoms with Gasteiger partial charge in [-0.25, -0.2) is 0 Å². The highest BCUT2D eigenvalue weighted by molar-refractivity contribution is 5.99. The summed E-state index contributed by atoms with van der Waals surface area (Å²) in [6, 6.07) is 12.7. The predicted molar refractivity (Wildman–Crippen MR) is 139 cm³/mol. The zero-order chi connectivity index (χ0) is 24.9. The summed E-state index contributed by atoms with van der Waals surface area (Å²) in [5, 5.41) is 0.525. The Hall–Kier alpha value is -3.38. The van der Waals surface area contributed by atoms with Gasteiger partial charge in [0.05, 0.1) is 17.0 Å². The number of amides is 1. The average molecular weight is 475 g/mol. The van der Waals surface area contributed by atoms with Gasteiger partial charge in [-0.15, -0.1) is 0 Å². The van der Waals surface area contributed by atoms with E-state index in [2.05, 4.69) is 32.3 Å². The molecule has 35 heavy (non-hydrogen) atoms. The van der Waals surface area contributed by atoms with E-state index in [1.165, 1.54) is 0 Å². The molecule has 0 N–H and O–H groups in total. The minimum absolute atomic E-state index is 0.131. The van der Waals surface area contributed by atoms with Gasteiger partial charge in [-0.3, -0.25) is 9.59 Å². The fourth-order valence-corrected chi connectivity index (χ4v) is 4.77. The van der Waals surface area contributed by atoms with Gasteiger partial charge in [0.1, 0.15) is 17.9 Å². The van der Waals surface area contributed by atoms with Gasteiger partial charge in [-0.1, -0.05) is 51.6 Å². The molecule has 0 fully saturated rings. The lowest BCUT2D eigenvalue weighted by Crippen LogP contribution is -2.33. The van der Waals surface area contributed by atoms with Gasteiger partial charge in [0.15, 0.2) is 5.43 Å². The highest BCUT2D eigenvalue weighted by Crippen LogP contribution is 2.38. The van der Waals surface area contributed by atoms with Crippen molar-refractivity contribution in [3.63, 3.8) is 0 Å². The summed E-state index contributed by atoms with van der Waals surface area (Å²) in [6.45, 7) is 13.8. The van der Waals surface area contributed by atoms with Crippen molar-refractivity contribution in [3.8, 4) is 5.75 Å². The third-order valence-electron chi connectivity index (χ3n) is 6.77. The Balaban J connectivity index is 1.77. The number of hydrogen-bond acceptors (Lipinski definition) is 5. The maximum atomic E-state index is 13.8. The van der Waals surface area contributed by atoms with E-state index in [1.54, 1.807) is 17.0 Å². The number of fused-ring (bicyclic) bond motifs is 2. The first-order chi connectivity index (χ1) is 17.0. The van der Waals surface area contributed by atoms with Gasteiger partial charge >= 0.3 is 0 Å². The second kappa shape index (κ2) is 10.9. The molecule has 6 nitrogen and oxygen atoms in total. The number of rotatable bonds is 11. The highest BCUT2D eigenvalue weighted by Gasteiger charge is 2.42. The van der Waals surface area contributed by atoms with Crippen LogP contribution >= 0.6 is 0 Å². The lowest BCUT2D eigenvalue weighted by molar-refractivity contribution is 0.0720. The number of hydrogen-bond donors (Lipinski definition) is 0. The molecule has 184 valence electrons. The first kappa shape index (κ1) is 24.7. The minimum Gasteiger partial charge on any atom is -0.490 e. The molecule has 1 aliphatic heterocycles. The van der Waals surface area contributed by atoms with E-state index < -0.39 is 6.04 Å². The minimum atomic E-state index is -0.492. The first-order valence-electron chi connectivity index (χ1n) is 12.5. The largest absolute Gasteiger partial charge is 0.490 e. The smallest absolute Gasteiger partial charge is 0.290 e. The molecule has 1 amide bonds. The third kappa shape index (κ3) is 4.89. The molecule has 1 unspecified atom stereocenters. The molecular formula is C29H34N2O4. The molecule has 0 saturated heterocycles. The molecule has 2 heterocycles. The number of aryl methyl sites for hydroxylation is 1. The summed E-state index contributed by atoms with van der Waals surface area (Å²) in [4.78, 5) is 31.5. The molecule has 0 aliphatic carbocycles. The lowest BCUT2D eigenvalue weighted by atomic mass is 9.97. The monoisotopic (exact) mass is 474 g/mol. The molecule has 1 atom stereocenters. The van der Waals surface area contributed by atoms with E-state index in [9.17, 15) is 9.59 Å². The number of ether oxygens (including phenoxy) is 1. The van der Waals surface area contributed by atoms with E-state index in [0.29, 0.717) is 35.4 Å². The normalized spacial score (nSPS) is 15.1. The van der Waals surface area contributed by atoms with Crippen LogP contribution in [0.5, 0.6) is 5.75 Å². The fraction of sp³-hybridized carbons (Fsp3) is 0.379. The van der Waals surface area contributed by atoms with Crippen LogP contribution in [0.4, 0.5) is 0 Å². The van der Waals surface area contributed by atoms with Crippen LogP contribution in [0, 0.1) is 0 Å². The van der Waals surface area contributed by atoms with Gasteiger partial charge in [0, 0.05) is 6.54 Å². The van der Waals surface area contributed by atoms with Gasteiger partial charge in [-0.2, -0.15) is 0 Å². The van der Waals surface area contributed by atoms with Crippen molar-refractivity contribution < 1.29 is 13.9 Å². The Kier molecular flexibility index (Phi) is 7.71. The van der Waals surface area contributed by atoms with Crippen LogP contribution in [-0.2, 0) is 6.42 Å². The molecular weight excluding hydrogens is 440 g/mol.